The van der Waals surface area contributed by atoms with E-state index in [-0.39, 0.29) is 0 Å². The van der Waals surface area contributed by atoms with Crippen LogP contribution in [-0.4, -0.2) is 16.1 Å². The third kappa shape index (κ3) is 7.04. The lowest BCUT2D eigenvalue weighted by Gasteiger charge is -2.41. The minimum atomic E-state index is -4.89. The third-order valence-electron chi connectivity index (χ3n) is 5.77. The van der Waals surface area contributed by atoms with Crippen molar-refractivity contribution in [3.05, 3.63) is 108 Å². The zero-order valence-electron chi connectivity index (χ0n) is 20.7. The minimum absolute atomic E-state index is 0.397. The first-order valence-corrected chi connectivity index (χ1v) is 15.5. The molecule has 3 aromatic carbocycles. The van der Waals surface area contributed by atoms with Gasteiger partial charge < -0.3 is 0 Å². The summed E-state index contributed by atoms with van der Waals surface area (Å²) >= 11 is 40.4. The molecule has 4 nitrogen and oxygen atoms in total. The largest absolute Gasteiger partial charge is 0.480 e. The van der Waals surface area contributed by atoms with Crippen LogP contribution in [0.25, 0.3) is 0 Å². The predicted molar refractivity (Wildman–Crippen MR) is 159 cm³/mol. The van der Waals surface area contributed by atoms with Gasteiger partial charge in [0.1, 0.15) is 0 Å². The van der Waals surface area contributed by atoms with Crippen LogP contribution in [0.4, 0.5) is 0 Å². The van der Waals surface area contributed by atoms with Gasteiger partial charge in [0.05, 0.1) is 16.1 Å². The maximum absolute atomic E-state index is 14.8. The van der Waals surface area contributed by atoms with E-state index in [0.29, 0.717) is 16.7 Å². The highest BCUT2D eigenvalue weighted by Gasteiger charge is 2.55. The zero-order chi connectivity index (χ0) is 28.2. The van der Waals surface area contributed by atoms with Crippen LogP contribution in [0.1, 0.15) is 37.5 Å². The summed E-state index contributed by atoms with van der Waals surface area (Å²) in [4.78, 5) is 0. The maximum Gasteiger partial charge on any atom is 0.480 e. The van der Waals surface area contributed by atoms with Gasteiger partial charge in [-0.25, -0.2) is 4.57 Å². The Morgan fingerprint density at radius 2 is 0.737 bits per heavy atom. The molecule has 0 spiro atoms. The van der Waals surface area contributed by atoms with Crippen molar-refractivity contribution in [1.29, 1.82) is 0 Å². The molecule has 0 saturated carbocycles. The van der Waals surface area contributed by atoms with Gasteiger partial charge in [0.25, 0.3) is 0 Å². The highest BCUT2D eigenvalue weighted by atomic mass is 35.5. The van der Waals surface area contributed by atoms with Gasteiger partial charge in [0.15, 0.2) is 15.2 Å². The normalized spacial score (nSPS) is 20.7. The molecule has 0 amide bonds. The molecule has 38 heavy (non-hydrogen) atoms. The molecule has 0 aliphatic carbocycles. The van der Waals surface area contributed by atoms with E-state index in [0.717, 1.165) is 0 Å². The van der Waals surface area contributed by atoms with E-state index in [1.165, 1.54) is 0 Å². The van der Waals surface area contributed by atoms with Crippen molar-refractivity contribution in [2.24, 2.45) is 0 Å². The minimum Gasteiger partial charge on any atom is -0.258 e. The Morgan fingerprint density at radius 3 is 0.921 bits per heavy atom. The average molecular weight is 659 g/mol. The van der Waals surface area contributed by atoms with Crippen LogP contribution < -0.4 is 0 Å². The van der Waals surface area contributed by atoms with Crippen LogP contribution in [0.3, 0.4) is 0 Å². The van der Waals surface area contributed by atoms with Crippen molar-refractivity contribution in [3.63, 3.8) is 0 Å². The summed E-state index contributed by atoms with van der Waals surface area (Å²) in [7, 11) is -4.89. The lowest BCUT2D eigenvalue weighted by atomic mass is 10.1. The van der Waals surface area contributed by atoms with Gasteiger partial charge >= 0.3 is 7.82 Å². The van der Waals surface area contributed by atoms with Crippen LogP contribution in [-0.2, 0) is 33.3 Å². The van der Waals surface area contributed by atoms with Gasteiger partial charge in [-0.05, 0) is 20.8 Å². The van der Waals surface area contributed by atoms with Crippen molar-refractivity contribution in [3.8, 4) is 0 Å². The number of phosphoric ester groups is 1. The van der Waals surface area contributed by atoms with Gasteiger partial charge in [-0.1, -0.05) is 126 Å². The van der Waals surface area contributed by atoms with Gasteiger partial charge in [0, 0.05) is 16.7 Å². The zero-order valence-corrected chi connectivity index (χ0v) is 26.2. The van der Waals surface area contributed by atoms with Crippen LogP contribution in [0.15, 0.2) is 91.0 Å². The molecule has 0 N–H and O–H groups in total. The second kappa shape index (κ2) is 13.0. The fraction of sp³-hybridized carbons (Fsp3) is 0.333. The molecule has 6 unspecified atom stereocenters. The van der Waals surface area contributed by atoms with E-state index in [4.69, 9.17) is 83.2 Å². The van der Waals surface area contributed by atoms with Gasteiger partial charge in [-0.15, -0.1) is 34.8 Å². The number of hydrogen-bond acceptors (Lipinski definition) is 4. The second-order valence-electron chi connectivity index (χ2n) is 8.60. The number of rotatable bonds is 12. The lowest BCUT2D eigenvalue weighted by Crippen LogP contribution is -2.38. The predicted octanol–water partition coefficient (Wildman–Crippen LogP) is 10.3. The number of benzene rings is 3. The molecule has 0 fully saturated rings. The van der Waals surface area contributed by atoms with E-state index in [1.807, 2.05) is 0 Å². The van der Waals surface area contributed by atoms with Crippen molar-refractivity contribution in [1.82, 2.24) is 0 Å². The molecule has 3 aromatic rings. The molecule has 11 heteroatoms. The van der Waals surface area contributed by atoms with Crippen molar-refractivity contribution < 1.29 is 18.1 Å². The molecule has 206 valence electrons. The summed E-state index contributed by atoms with van der Waals surface area (Å²) < 4.78 is 33.0. The molecule has 6 atom stereocenters. The second-order valence-corrected chi connectivity index (χ2v) is 13.7. The Bertz CT molecular complexity index is 1070. The molecular weight excluding hydrogens is 632 g/mol. The monoisotopic (exact) mass is 656 g/mol. The molecule has 0 radical (unpaired) electrons. The van der Waals surface area contributed by atoms with Crippen molar-refractivity contribution >= 4 is 77.4 Å². The number of hydrogen-bond donors (Lipinski definition) is 0. The average Bonchev–Trinajstić information content (AvgIpc) is 2.89. The van der Waals surface area contributed by atoms with Crippen LogP contribution in [0.5, 0.6) is 0 Å². The van der Waals surface area contributed by atoms with E-state index >= 15 is 0 Å². The summed E-state index contributed by atoms with van der Waals surface area (Å²) in [6.07, 6.45) is 0. The van der Waals surface area contributed by atoms with Crippen LogP contribution in [0, 0.1) is 0 Å². The fourth-order valence-electron chi connectivity index (χ4n) is 3.61. The molecule has 0 bridgehead atoms. The van der Waals surface area contributed by atoms with Crippen LogP contribution in [0.2, 0.25) is 0 Å². The maximum atomic E-state index is 14.8. The number of phosphoric acid groups is 1. The smallest absolute Gasteiger partial charge is 0.258 e. The number of halogens is 6. The summed E-state index contributed by atoms with van der Waals surface area (Å²) in [6, 6.07) is 25.8. The standard InChI is InChI=1S/C27H27Cl6O4P/c1-19(28)25(31,22-13-7-4-8-14-22)35-38(34,36-26(32,20(2)29)23-15-9-5-10-16-23)37-27(33,21(3)30)24-17-11-6-12-18-24/h4-21H,1-3H3. The molecular formula is C27H27Cl6O4P. The first kappa shape index (κ1) is 32.0. The van der Waals surface area contributed by atoms with Crippen molar-refractivity contribution in [2.45, 2.75) is 52.1 Å². The third-order valence-corrected chi connectivity index (χ3v) is 10.8. The molecule has 3 rings (SSSR count). The van der Waals surface area contributed by atoms with E-state index in [9.17, 15) is 4.57 Å². The Morgan fingerprint density at radius 1 is 0.526 bits per heavy atom. The summed E-state index contributed by atoms with van der Waals surface area (Å²) in [5, 5.41) is -8.49. The summed E-state index contributed by atoms with van der Waals surface area (Å²) in [5.74, 6) is 0. The Kier molecular flexibility index (Phi) is 11.0. The number of alkyl halides is 6. The highest BCUT2D eigenvalue weighted by molar-refractivity contribution is 7.48. The topological polar surface area (TPSA) is 44.8 Å². The highest BCUT2D eigenvalue weighted by Crippen LogP contribution is 2.66. The quantitative estimate of drug-likeness (QED) is 0.143. The first-order chi connectivity index (χ1) is 17.8. The van der Waals surface area contributed by atoms with Crippen LogP contribution >= 0.6 is 77.4 Å². The van der Waals surface area contributed by atoms with Crippen molar-refractivity contribution in [2.75, 3.05) is 0 Å². The van der Waals surface area contributed by atoms with Gasteiger partial charge in [-0.2, -0.15) is 0 Å². The van der Waals surface area contributed by atoms with Gasteiger partial charge in [0.2, 0.25) is 0 Å². The van der Waals surface area contributed by atoms with Gasteiger partial charge in [-0.3, -0.25) is 13.6 Å². The van der Waals surface area contributed by atoms with E-state index in [2.05, 4.69) is 0 Å². The molecule has 0 aliphatic rings. The molecule has 0 saturated heterocycles. The first-order valence-electron chi connectivity index (χ1n) is 11.6. The summed E-state index contributed by atoms with van der Waals surface area (Å²) in [6.45, 7) is 4.74. The Labute approximate surface area is 254 Å². The SMILES string of the molecule is CC(Cl)C(Cl)(OP(=O)(OC(Cl)(c1ccccc1)C(C)Cl)OC(Cl)(c1ccccc1)C(C)Cl)c1ccccc1. The Hall–Kier alpha value is -0.490. The fourth-order valence-corrected chi connectivity index (χ4v) is 7.32. The molecule has 0 aromatic heterocycles. The Balaban J connectivity index is 2.20. The van der Waals surface area contributed by atoms with E-state index < -0.39 is 39.1 Å². The molecule has 0 heterocycles. The summed E-state index contributed by atoms with van der Waals surface area (Å²) in [5.41, 5.74) is 1.19. The van der Waals surface area contributed by atoms with E-state index in [1.54, 1.807) is 112 Å². The lowest BCUT2D eigenvalue weighted by molar-refractivity contribution is -0.00857. The molecule has 0 aliphatic heterocycles.